The van der Waals surface area contributed by atoms with Crippen molar-refractivity contribution < 1.29 is 4.79 Å². The molecule has 0 aliphatic heterocycles. The van der Waals surface area contributed by atoms with Crippen LogP contribution in [0.5, 0.6) is 0 Å². The third-order valence-corrected chi connectivity index (χ3v) is 5.60. The van der Waals surface area contributed by atoms with Crippen LogP contribution in [0.25, 0.3) is 11.1 Å². The first-order valence-electron chi connectivity index (χ1n) is 9.41. The minimum Gasteiger partial charge on any atom is -0.298 e. The SMILES string of the molecule is C#Cc1ccc2c(c1)C(CCCC)(CCCC)c1cc(C=O)ccc1-2. The standard InChI is InChI=1S/C24H26O/c1-4-7-13-24(14-8-5-2)22-15-18(6-3)9-11-20(22)21-12-10-19(17-25)16-23(21)24/h3,9-12,15-17H,4-5,7-8,13-14H2,1-2H3. The van der Waals surface area contributed by atoms with E-state index in [2.05, 4.69) is 44.0 Å². The Bertz CT molecular complexity index is 814. The fourth-order valence-electron chi connectivity index (χ4n) is 4.30. The van der Waals surface area contributed by atoms with E-state index in [4.69, 9.17) is 6.42 Å². The molecule has 0 amide bonds. The second-order valence-corrected chi connectivity index (χ2v) is 7.12. The Morgan fingerprint density at radius 1 is 0.960 bits per heavy atom. The van der Waals surface area contributed by atoms with Crippen molar-refractivity contribution in [2.45, 2.75) is 57.8 Å². The number of benzene rings is 2. The fraction of sp³-hybridized carbons (Fsp3) is 0.375. The first-order valence-corrected chi connectivity index (χ1v) is 9.41. The number of carbonyl (C=O) groups excluding carboxylic acids is 1. The van der Waals surface area contributed by atoms with Gasteiger partial charge in [-0.1, -0.05) is 63.7 Å². The van der Waals surface area contributed by atoms with Crippen molar-refractivity contribution in [3.8, 4) is 23.5 Å². The lowest BCUT2D eigenvalue weighted by Crippen LogP contribution is -2.25. The van der Waals surface area contributed by atoms with Crippen LogP contribution < -0.4 is 0 Å². The third kappa shape index (κ3) is 2.91. The molecule has 1 heteroatoms. The normalized spacial score (nSPS) is 13.8. The molecule has 0 spiro atoms. The average molecular weight is 330 g/mol. The van der Waals surface area contributed by atoms with E-state index in [1.54, 1.807) is 0 Å². The molecule has 0 bridgehead atoms. The summed E-state index contributed by atoms with van der Waals surface area (Å²) in [7, 11) is 0. The Labute approximate surface area is 151 Å². The van der Waals surface area contributed by atoms with E-state index >= 15 is 0 Å². The predicted molar refractivity (Wildman–Crippen MR) is 105 cm³/mol. The number of hydrogen-bond acceptors (Lipinski definition) is 1. The lowest BCUT2D eigenvalue weighted by atomic mass is 9.70. The molecule has 1 aliphatic rings. The van der Waals surface area contributed by atoms with Crippen LogP contribution in [-0.2, 0) is 5.41 Å². The molecule has 0 atom stereocenters. The maximum Gasteiger partial charge on any atom is 0.150 e. The molecule has 2 aromatic rings. The highest BCUT2D eigenvalue weighted by molar-refractivity contribution is 5.85. The van der Waals surface area contributed by atoms with Gasteiger partial charge < -0.3 is 0 Å². The smallest absolute Gasteiger partial charge is 0.150 e. The summed E-state index contributed by atoms with van der Waals surface area (Å²) in [4.78, 5) is 11.4. The summed E-state index contributed by atoms with van der Waals surface area (Å²) >= 11 is 0. The number of terminal acetylenes is 1. The van der Waals surface area contributed by atoms with Gasteiger partial charge in [0.2, 0.25) is 0 Å². The number of fused-ring (bicyclic) bond motifs is 3. The zero-order chi connectivity index (χ0) is 17.9. The summed E-state index contributed by atoms with van der Waals surface area (Å²) < 4.78 is 0. The molecule has 0 N–H and O–H groups in total. The molecule has 128 valence electrons. The molecular formula is C24H26O. The summed E-state index contributed by atoms with van der Waals surface area (Å²) in [5, 5.41) is 0. The van der Waals surface area contributed by atoms with Gasteiger partial charge in [-0.3, -0.25) is 4.79 Å². The van der Waals surface area contributed by atoms with Gasteiger partial charge in [-0.2, -0.15) is 0 Å². The van der Waals surface area contributed by atoms with Crippen molar-refractivity contribution >= 4 is 6.29 Å². The summed E-state index contributed by atoms with van der Waals surface area (Å²) in [6, 6.07) is 12.6. The highest BCUT2D eigenvalue weighted by Gasteiger charge is 2.42. The van der Waals surface area contributed by atoms with Gasteiger partial charge in [0.1, 0.15) is 6.29 Å². The van der Waals surface area contributed by atoms with Gasteiger partial charge in [0.05, 0.1) is 0 Å². The number of unbranched alkanes of at least 4 members (excludes halogenated alkanes) is 2. The molecular weight excluding hydrogens is 304 g/mol. The number of aldehydes is 1. The summed E-state index contributed by atoms with van der Waals surface area (Å²) in [6.07, 6.45) is 13.6. The topological polar surface area (TPSA) is 17.1 Å². The van der Waals surface area contributed by atoms with Crippen molar-refractivity contribution in [2.75, 3.05) is 0 Å². The predicted octanol–water partition coefficient (Wildman–Crippen LogP) is 6.13. The molecule has 0 unspecified atom stereocenters. The molecule has 3 rings (SSSR count). The first kappa shape index (κ1) is 17.5. The van der Waals surface area contributed by atoms with Crippen LogP contribution in [0.4, 0.5) is 0 Å². The van der Waals surface area contributed by atoms with Crippen molar-refractivity contribution in [1.82, 2.24) is 0 Å². The van der Waals surface area contributed by atoms with E-state index in [1.807, 2.05) is 12.1 Å². The minimum atomic E-state index is -0.0113. The Hall–Kier alpha value is -2.33. The number of hydrogen-bond donors (Lipinski definition) is 0. The van der Waals surface area contributed by atoms with E-state index in [0.717, 1.165) is 30.3 Å². The van der Waals surface area contributed by atoms with Gasteiger partial charge in [0.15, 0.2) is 0 Å². The zero-order valence-electron chi connectivity index (χ0n) is 15.3. The lowest BCUT2D eigenvalue weighted by molar-refractivity contribution is 0.112. The Morgan fingerprint density at radius 3 is 2.12 bits per heavy atom. The van der Waals surface area contributed by atoms with E-state index in [9.17, 15) is 4.79 Å². The maximum absolute atomic E-state index is 11.4. The lowest BCUT2D eigenvalue weighted by Gasteiger charge is -2.33. The highest BCUT2D eigenvalue weighted by Crippen LogP contribution is 2.54. The zero-order valence-corrected chi connectivity index (χ0v) is 15.3. The first-order chi connectivity index (χ1) is 12.2. The third-order valence-electron chi connectivity index (χ3n) is 5.60. The van der Waals surface area contributed by atoms with Crippen LogP contribution >= 0.6 is 0 Å². The van der Waals surface area contributed by atoms with E-state index in [1.165, 1.54) is 47.9 Å². The molecule has 2 aromatic carbocycles. The summed E-state index contributed by atoms with van der Waals surface area (Å²) in [6.45, 7) is 4.48. The van der Waals surface area contributed by atoms with Gasteiger partial charge in [0.25, 0.3) is 0 Å². The van der Waals surface area contributed by atoms with Gasteiger partial charge in [-0.15, -0.1) is 6.42 Å². The van der Waals surface area contributed by atoms with Crippen LogP contribution in [0.2, 0.25) is 0 Å². The van der Waals surface area contributed by atoms with Gasteiger partial charge >= 0.3 is 0 Å². The molecule has 0 saturated carbocycles. The average Bonchev–Trinajstić information content (AvgIpc) is 2.93. The Balaban J connectivity index is 2.27. The van der Waals surface area contributed by atoms with Crippen LogP contribution in [-0.4, -0.2) is 6.29 Å². The van der Waals surface area contributed by atoms with Crippen molar-refractivity contribution in [3.05, 3.63) is 58.7 Å². The van der Waals surface area contributed by atoms with Crippen molar-refractivity contribution in [1.29, 1.82) is 0 Å². The van der Waals surface area contributed by atoms with E-state index < -0.39 is 0 Å². The van der Waals surface area contributed by atoms with Gasteiger partial charge in [0, 0.05) is 16.5 Å². The van der Waals surface area contributed by atoms with E-state index in [0.29, 0.717) is 0 Å². The Kier molecular flexibility index (Phi) is 5.09. The second-order valence-electron chi connectivity index (χ2n) is 7.12. The molecule has 1 nitrogen and oxygen atoms in total. The molecule has 0 heterocycles. The van der Waals surface area contributed by atoms with Gasteiger partial charge in [-0.25, -0.2) is 0 Å². The maximum atomic E-state index is 11.4. The van der Waals surface area contributed by atoms with Gasteiger partial charge in [-0.05, 0) is 53.3 Å². The summed E-state index contributed by atoms with van der Waals surface area (Å²) in [5.74, 6) is 2.80. The molecule has 0 radical (unpaired) electrons. The van der Waals surface area contributed by atoms with Crippen LogP contribution in [0.3, 0.4) is 0 Å². The van der Waals surface area contributed by atoms with Crippen molar-refractivity contribution in [2.24, 2.45) is 0 Å². The molecule has 1 aliphatic carbocycles. The molecule has 0 aromatic heterocycles. The Morgan fingerprint density at radius 2 is 1.56 bits per heavy atom. The largest absolute Gasteiger partial charge is 0.298 e. The summed E-state index contributed by atoms with van der Waals surface area (Å²) in [5.41, 5.74) is 6.95. The molecule has 25 heavy (non-hydrogen) atoms. The number of carbonyl (C=O) groups is 1. The quantitative estimate of drug-likeness (QED) is 0.441. The van der Waals surface area contributed by atoms with Crippen LogP contribution in [0.1, 0.15) is 79.4 Å². The van der Waals surface area contributed by atoms with Crippen molar-refractivity contribution in [3.63, 3.8) is 0 Å². The van der Waals surface area contributed by atoms with Crippen LogP contribution in [0, 0.1) is 12.3 Å². The van der Waals surface area contributed by atoms with E-state index in [-0.39, 0.29) is 5.41 Å². The second kappa shape index (κ2) is 7.28. The number of rotatable bonds is 7. The fourth-order valence-corrected chi connectivity index (χ4v) is 4.30. The molecule has 0 saturated heterocycles. The van der Waals surface area contributed by atoms with Crippen LogP contribution in [0.15, 0.2) is 36.4 Å². The monoisotopic (exact) mass is 330 g/mol. The minimum absolute atomic E-state index is 0.0113. The highest BCUT2D eigenvalue weighted by atomic mass is 16.1. The molecule has 0 fully saturated rings.